The lowest BCUT2D eigenvalue weighted by Crippen LogP contribution is -2.36. The number of aromatic carboxylic acids is 1. The topological polar surface area (TPSA) is 57.6 Å². The molecular formula is C15H19NO3S. The Morgan fingerprint density at radius 1 is 1.40 bits per heavy atom. The molecule has 108 valence electrons. The number of carbonyl (C=O) groups excluding carboxylic acids is 1. The van der Waals surface area contributed by atoms with Crippen LogP contribution in [0.3, 0.4) is 0 Å². The van der Waals surface area contributed by atoms with Crippen LogP contribution in [-0.2, 0) is 11.2 Å². The zero-order valence-electron chi connectivity index (χ0n) is 11.6. The van der Waals surface area contributed by atoms with Crippen molar-refractivity contribution in [3.05, 3.63) is 29.3 Å². The van der Waals surface area contributed by atoms with Gasteiger partial charge in [0.05, 0.1) is 5.56 Å². The fourth-order valence-corrected chi connectivity index (χ4v) is 3.03. The summed E-state index contributed by atoms with van der Waals surface area (Å²) in [6, 6.07) is 5.04. The molecule has 1 aliphatic heterocycles. The van der Waals surface area contributed by atoms with E-state index in [9.17, 15) is 9.59 Å². The summed E-state index contributed by atoms with van der Waals surface area (Å²) in [7, 11) is 0. The second-order valence-electron chi connectivity index (χ2n) is 4.74. The molecule has 0 atom stereocenters. The van der Waals surface area contributed by atoms with Gasteiger partial charge in [0.15, 0.2) is 0 Å². The monoisotopic (exact) mass is 293 g/mol. The minimum atomic E-state index is -0.921. The van der Waals surface area contributed by atoms with E-state index < -0.39 is 5.97 Å². The summed E-state index contributed by atoms with van der Waals surface area (Å²) in [5, 5.41) is 9.02. The van der Waals surface area contributed by atoms with Crippen LogP contribution in [0.4, 0.5) is 5.69 Å². The second kappa shape index (κ2) is 6.79. The van der Waals surface area contributed by atoms with E-state index in [1.165, 1.54) is 0 Å². The standard InChI is InChI=1S/C15H19NO3S/c1-2-20-9-3-8-16-13-6-4-12(15(18)19)10-11(13)5-7-14(16)17/h4,6,10H,2-3,5,7-9H2,1H3,(H,18,19). The molecule has 5 heteroatoms. The number of carboxylic acid groups (broad SMARTS) is 1. The highest BCUT2D eigenvalue weighted by molar-refractivity contribution is 7.99. The van der Waals surface area contributed by atoms with E-state index in [4.69, 9.17) is 5.11 Å². The van der Waals surface area contributed by atoms with Crippen LogP contribution >= 0.6 is 11.8 Å². The smallest absolute Gasteiger partial charge is 0.335 e. The molecule has 1 amide bonds. The Hall–Kier alpha value is -1.49. The van der Waals surface area contributed by atoms with E-state index in [1.807, 2.05) is 11.8 Å². The molecule has 1 aliphatic rings. The van der Waals surface area contributed by atoms with Crippen molar-refractivity contribution in [3.63, 3.8) is 0 Å². The summed E-state index contributed by atoms with van der Waals surface area (Å²) >= 11 is 1.87. The van der Waals surface area contributed by atoms with Crippen molar-refractivity contribution in [2.75, 3.05) is 23.0 Å². The number of thioether (sulfide) groups is 1. The predicted octanol–water partition coefficient (Wildman–Crippen LogP) is 2.81. The molecule has 0 saturated carbocycles. The lowest BCUT2D eigenvalue weighted by Gasteiger charge is -2.29. The highest BCUT2D eigenvalue weighted by Gasteiger charge is 2.24. The van der Waals surface area contributed by atoms with Crippen LogP contribution in [-0.4, -0.2) is 35.0 Å². The van der Waals surface area contributed by atoms with Gasteiger partial charge in [-0.2, -0.15) is 11.8 Å². The molecule has 0 bridgehead atoms. The lowest BCUT2D eigenvalue weighted by molar-refractivity contribution is -0.118. The summed E-state index contributed by atoms with van der Waals surface area (Å²) in [5.74, 6) is 1.35. The fraction of sp³-hybridized carbons (Fsp3) is 0.467. The number of carbonyl (C=O) groups is 2. The first-order valence-corrected chi connectivity index (χ1v) is 8.03. The van der Waals surface area contributed by atoms with E-state index in [0.29, 0.717) is 24.9 Å². The second-order valence-corrected chi connectivity index (χ2v) is 6.14. The Balaban J connectivity index is 2.14. The van der Waals surface area contributed by atoms with Crippen LogP contribution in [0.15, 0.2) is 18.2 Å². The molecule has 0 saturated heterocycles. The molecule has 4 nitrogen and oxygen atoms in total. The largest absolute Gasteiger partial charge is 0.478 e. The molecule has 0 aromatic heterocycles. The molecule has 0 unspecified atom stereocenters. The highest BCUT2D eigenvalue weighted by atomic mass is 32.2. The van der Waals surface area contributed by atoms with Gasteiger partial charge in [-0.05, 0) is 48.1 Å². The number of nitrogens with zero attached hydrogens (tertiary/aromatic N) is 1. The highest BCUT2D eigenvalue weighted by Crippen LogP contribution is 2.29. The van der Waals surface area contributed by atoms with Gasteiger partial charge in [-0.15, -0.1) is 0 Å². The predicted molar refractivity (Wildman–Crippen MR) is 81.7 cm³/mol. The van der Waals surface area contributed by atoms with Crippen LogP contribution in [0, 0.1) is 0 Å². The SMILES string of the molecule is CCSCCCN1C(=O)CCc2cc(C(=O)O)ccc21. The van der Waals surface area contributed by atoms with E-state index >= 15 is 0 Å². The zero-order valence-corrected chi connectivity index (χ0v) is 12.4. The van der Waals surface area contributed by atoms with Crippen molar-refractivity contribution in [1.29, 1.82) is 0 Å². The molecular weight excluding hydrogens is 274 g/mol. The number of hydrogen-bond acceptors (Lipinski definition) is 3. The Kier molecular flexibility index (Phi) is 5.06. The third kappa shape index (κ3) is 3.33. The summed E-state index contributed by atoms with van der Waals surface area (Å²) < 4.78 is 0. The summed E-state index contributed by atoms with van der Waals surface area (Å²) in [5.41, 5.74) is 2.14. The average molecular weight is 293 g/mol. The van der Waals surface area contributed by atoms with Crippen molar-refractivity contribution in [2.45, 2.75) is 26.2 Å². The Morgan fingerprint density at radius 2 is 2.20 bits per heavy atom. The maximum atomic E-state index is 12.0. The van der Waals surface area contributed by atoms with Gasteiger partial charge in [-0.3, -0.25) is 4.79 Å². The number of aryl methyl sites for hydroxylation is 1. The van der Waals surface area contributed by atoms with Gasteiger partial charge in [-0.1, -0.05) is 6.92 Å². The normalized spacial score (nSPS) is 14.2. The Morgan fingerprint density at radius 3 is 2.90 bits per heavy atom. The molecule has 1 aromatic rings. The summed E-state index contributed by atoms with van der Waals surface area (Å²) in [6.45, 7) is 2.84. The molecule has 2 rings (SSSR count). The van der Waals surface area contributed by atoms with Crippen LogP contribution in [0.2, 0.25) is 0 Å². The summed E-state index contributed by atoms with van der Waals surface area (Å²) in [4.78, 5) is 24.8. The van der Waals surface area contributed by atoms with Crippen LogP contribution < -0.4 is 4.90 Å². The number of carboxylic acids is 1. The third-order valence-corrected chi connectivity index (χ3v) is 4.39. The molecule has 1 aromatic carbocycles. The molecule has 0 spiro atoms. The first kappa shape index (κ1) is 14.9. The minimum Gasteiger partial charge on any atom is -0.478 e. The van der Waals surface area contributed by atoms with Crippen molar-refractivity contribution in [1.82, 2.24) is 0 Å². The van der Waals surface area contributed by atoms with Crippen molar-refractivity contribution in [3.8, 4) is 0 Å². The van der Waals surface area contributed by atoms with Gasteiger partial charge < -0.3 is 10.0 Å². The maximum Gasteiger partial charge on any atom is 0.335 e. The minimum absolute atomic E-state index is 0.141. The number of anilines is 1. The first-order valence-electron chi connectivity index (χ1n) is 6.87. The molecule has 0 fully saturated rings. The number of rotatable bonds is 6. The number of hydrogen-bond donors (Lipinski definition) is 1. The van der Waals surface area contributed by atoms with Crippen LogP contribution in [0.5, 0.6) is 0 Å². The lowest BCUT2D eigenvalue weighted by atomic mass is 9.98. The summed E-state index contributed by atoms with van der Waals surface area (Å²) in [6.07, 6.45) is 2.07. The van der Waals surface area contributed by atoms with Crippen LogP contribution in [0.25, 0.3) is 0 Å². The quantitative estimate of drug-likeness (QED) is 0.819. The van der Waals surface area contributed by atoms with Crippen molar-refractivity contribution in [2.24, 2.45) is 0 Å². The van der Waals surface area contributed by atoms with Crippen molar-refractivity contribution >= 4 is 29.3 Å². The molecule has 0 aliphatic carbocycles. The van der Waals surface area contributed by atoms with Gasteiger partial charge in [0.2, 0.25) is 5.91 Å². The van der Waals surface area contributed by atoms with E-state index in [2.05, 4.69) is 6.92 Å². The van der Waals surface area contributed by atoms with E-state index in [0.717, 1.165) is 29.2 Å². The van der Waals surface area contributed by atoms with Crippen molar-refractivity contribution < 1.29 is 14.7 Å². The van der Waals surface area contributed by atoms with Gasteiger partial charge in [-0.25, -0.2) is 4.79 Å². The van der Waals surface area contributed by atoms with E-state index in [1.54, 1.807) is 23.1 Å². The zero-order chi connectivity index (χ0) is 14.5. The van der Waals surface area contributed by atoms with Gasteiger partial charge >= 0.3 is 5.97 Å². The number of fused-ring (bicyclic) bond motifs is 1. The molecule has 1 N–H and O–H groups in total. The maximum absolute atomic E-state index is 12.0. The number of benzene rings is 1. The van der Waals surface area contributed by atoms with Gasteiger partial charge in [0.25, 0.3) is 0 Å². The van der Waals surface area contributed by atoms with E-state index in [-0.39, 0.29) is 5.91 Å². The molecule has 20 heavy (non-hydrogen) atoms. The average Bonchev–Trinajstić information content (AvgIpc) is 2.44. The third-order valence-electron chi connectivity index (χ3n) is 3.40. The van der Waals surface area contributed by atoms with Gasteiger partial charge in [0.1, 0.15) is 0 Å². The fourth-order valence-electron chi connectivity index (χ4n) is 2.41. The number of amides is 1. The molecule has 1 heterocycles. The van der Waals surface area contributed by atoms with Crippen LogP contribution in [0.1, 0.15) is 35.7 Å². The molecule has 0 radical (unpaired) electrons. The first-order chi connectivity index (χ1) is 9.63. The Bertz CT molecular complexity index is 516. The van der Waals surface area contributed by atoms with Gasteiger partial charge in [0, 0.05) is 18.7 Å². The Labute approximate surface area is 123 Å².